The molecule has 5 nitrogen and oxygen atoms in total. The zero-order valence-corrected chi connectivity index (χ0v) is 9.35. The number of carbonyl (C=O) groups is 1. The van der Waals surface area contributed by atoms with E-state index in [0.29, 0.717) is 6.54 Å². The number of carboxylic acids is 1. The van der Waals surface area contributed by atoms with Crippen molar-refractivity contribution < 1.29 is 14.4 Å². The summed E-state index contributed by atoms with van der Waals surface area (Å²) in [5.74, 6) is 0.00147. The largest absolute Gasteiger partial charge is 0.480 e. The van der Waals surface area contributed by atoms with Crippen LogP contribution in [0.2, 0.25) is 0 Å². The Balaban J connectivity index is 2.03. The maximum Gasteiger partial charge on any atom is 0.320 e. The number of aliphatic carboxylic acids is 1. The molecule has 5 heteroatoms. The molecule has 1 N–H and O–H groups in total. The van der Waals surface area contributed by atoms with Crippen LogP contribution < -0.4 is 0 Å². The first-order valence-electron chi connectivity index (χ1n) is 5.56. The Bertz CT molecular complexity index is 375. The van der Waals surface area contributed by atoms with E-state index >= 15 is 0 Å². The number of rotatable bonds is 3. The van der Waals surface area contributed by atoms with Crippen molar-refractivity contribution in [2.75, 3.05) is 6.54 Å². The average Bonchev–Trinajstić information content (AvgIpc) is 2.64. The third-order valence-corrected chi connectivity index (χ3v) is 2.93. The molecule has 1 aromatic rings. The molecule has 0 amide bonds. The van der Waals surface area contributed by atoms with Crippen LogP contribution in [0.5, 0.6) is 0 Å². The van der Waals surface area contributed by atoms with E-state index in [-0.39, 0.29) is 6.04 Å². The first-order chi connectivity index (χ1) is 7.66. The number of carboxylic acid groups (broad SMARTS) is 1. The molecule has 0 spiro atoms. The molecule has 1 unspecified atom stereocenters. The summed E-state index contributed by atoms with van der Waals surface area (Å²) < 4.78 is 5.11. The van der Waals surface area contributed by atoms with Gasteiger partial charge in [-0.3, -0.25) is 9.69 Å². The molecule has 1 saturated heterocycles. The number of hydrogen-bond donors (Lipinski definition) is 1. The molecule has 2 rings (SSSR count). The third-order valence-electron chi connectivity index (χ3n) is 2.93. The Morgan fingerprint density at radius 1 is 1.69 bits per heavy atom. The van der Waals surface area contributed by atoms with Crippen LogP contribution in [0.4, 0.5) is 0 Å². The van der Waals surface area contributed by atoms with Gasteiger partial charge in [-0.15, -0.1) is 0 Å². The van der Waals surface area contributed by atoms with Gasteiger partial charge in [0, 0.05) is 6.07 Å². The maximum atomic E-state index is 11.1. The van der Waals surface area contributed by atoms with Gasteiger partial charge >= 0.3 is 5.97 Å². The van der Waals surface area contributed by atoms with E-state index in [9.17, 15) is 4.79 Å². The Morgan fingerprint density at radius 3 is 3.12 bits per heavy atom. The van der Waals surface area contributed by atoms with Crippen molar-refractivity contribution >= 4 is 5.97 Å². The Labute approximate surface area is 94.0 Å². The van der Waals surface area contributed by atoms with Crippen molar-refractivity contribution in [1.29, 1.82) is 0 Å². The van der Waals surface area contributed by atoms with E-state index in [1.54, 1.807) is 0 Å². The summed E-state index contributed by atoms with van der Waals surface area (Å²) in [5, 5.41) is 12.9. The highest BCUT2D eigenvalue weighted by atomic mass is 16.5. The van der Waals surface area contributed by atoms with E-state index < -0.39 is 5.97 Å². The lowest BCUT2D eigenvalue weighted by atomic mass is 10.0. The van der Waals surface area contributed by atoms with Gasteiger partial charge in [0.1, 0.15) is 6.04 Å². The molecule has 0 aromatic carbocycles. The Kier molecular flexibility index (Phi) is 3.24. The fourth-order valence-electron chi connectivity index (χ4n) is 2.15. The van der Waals surface area contributed by atoms with E-state index in [1.165, 1.54) is 0 Å². The van der Waals surface area contributed by atoms with Crippen LogP contribution in [0.25, 0.3) is 0 Å². The lowest BCUT2D eigenvalue weighted by Gasteiger charge is -2.31. The summed E-state index contributed by atoms with van der Waals surface area (Å²) in [6.07, 6.45) is 2.77. The minimum atomic E-state index is -0.740. The molecule has 1 fully saturated rings. The molecule has 88 valence electrons. The maximum absolute atomic E-state index is 11.1. The lowest BCUT2D eigenvalue weighted by molar-refractivity contribution is -0.145. The number of hydrogen-bond acceptors (Lipinski definition) is 4. The number of likely N-dealkylation sites (tertiary alicyclic amines) is 1. The van der Waals surface area contributed by atoms with Crippen LogP contribution in [-0.4, -0.2) is 33.7 Å². The summed E-state index contributed by atoms with van der Waals surface area (Å²) in [6, 6.07) is 1.48. The molecule has 1 atom stereocenters. The molecule has 16 heavy (non-hydrogen) atoms. The van der Waals surface area contributed by atoms with Crippen molar-refractivity contribution in [2.24, 2.45) is 0 Å². The topological polar surface area (TPSA) is 66.6 Å². The summed E-state index contributed by atoms with van der Waals surface area (Å²) in [7, 11) is 0. The number of nitrogens with zero attached hydrogens (tertiary/aromatic N) is 2. The fourth-order valence-corrected chi connectivity index (χ4v) is 2.15. The van der Waals surface area contributed by atoms with Crippen molar-refractivity contribution in [3.05, 3.63) is 17.5 Å². The highest BCUT2D eigenvalue weighted by Crippen LogP contribution is 2.20. The first kappa shape index (κ1) is 11.1. The smallest absolute Gasteiger partial charge is 0.320 e. The summed E-state index contributed by atoms with van der Waals surface area (Å²) in [5.41, 5.74) is 0.832. The predicted molar refractivity (Wildman–Crippen MR) is 56.9 cm³/mol. The van der Waals surface area contributed by atoms with Gasteiger partial charge in [0.2, 0.25) is 0 Å². The van der Waals surface area contributed by atoms with E-state index in [0.717, 1.165) is 37.3 Å². The molecule has 1 aliphatic heterocycles. The van der Waals surface area contributed by atoms with Crippen LogP contribution in [0.3, 0.4) is 0 Å². The van der Waals surface area contributed by atoms with Gasteiger partial charge in [-0.1, -0.05) is 11.6 Å². The first-order valence-corrected chi connectivity index (χ1v) is 5.56. The molecule has 0 saturated carbocycles. The van der Waals surface area contributed by atoms with Crippen molar-refractivity contribution in [2.45, 2.75) is 38.8 Å². The number of aromatic nitrogens is 1. The van der Waals surface area contributed by atoms with E-state index in [4.69, 9.17) is 9.63 Å². The van der Waals surface area contributed by atoms with Gasteiger partial charge in [0.05, 0.1) is 12.2 Å². The lowest BCUT2D eigenvalue weighted by Crippen LogP contribution is -2.43. The SMILES string of the molecule is Cc1cc(CN2CCCCC2C(=O)O)on1. The second-order valence-corrected chi connectivity index (χ2v) is 4.25. The van der Waals surface area contributed by atoms with Crippen molar-refractivity contribution in [3.8, 4) is 0 Å². The van der Waals surface area contributed by atoms with Crippen LogP contribution in [0.15, 0.2) is 10.6 Å². The second-order valence-electron chi connectivity index (χ2n) is 4.25. The van der Waals surface area contributed by atoms with E-state index in [1.807, 2.05) is 17.9 Å². The summed E-state index contributed by atoms with van der Waals surface area (Å²) >= 11 is 0. The normalized spacial score (nSPS) is 22.2. The van der Waals surface area contributed by atoms with Crippen LogP contribution in [0, 0.1) is 6.92 Å². The zero-order chi connectivity index (χ0) is 11.5. The van der Waals surface area contributed by atoms with Gasteiger partial charge in [-0.2, -0.15) is 0 Å². The van der Waals surface area contributed by atoms with Gasteiger partial charge < -0.3 is 9.63 Å². The number of aryl methyl sites for hydroxylation is 1. The fraction of sp³-hybridized carbons (Fsp3) is 0.636. The monoisotopic (exact) mass is 224 g/mol. The quantitative estimate of drug-likeness (QED) is 0.841. The molecule has 2 heterocycles. The predicted octanol–water partition coefficient (Wildman–Crippen LogP) is 1.42. The van der Waals surface area contributed by atoms with Crippen LogP contribution >= 0.6 is 0 Å². The molecule has 0 radical (unpaired) electrons. The van der Waals surface area contributed by atoms with Gasteiger partial charge in [0.15, 0.2) is 5.76 Å². The number of piperidine rings is 1. The second kappa shape index (κ2) is 4.65. The molecule has 0 bridgehead atoms. The molecule has 0 aliphatic carbocycles. The van der Waals surface area contributed by atoms with Crippen molar-refractivity contribution in [3.63, 3.8) is 0 Å². The molecule has 1 aromatic heterocycles. The summed E-state index contributed by atoms with van der Waals surface area (Å²) in [4.78, 5) is 13.0. The highest BCUT2D eigenvalue weighted by Gasteiger charge is 2.28. The molecular formula is C11H16N2O3. The highest BCUT2D eigenvalue weighted by molar-refractivity contribution is 5.73. The Morgan fingerprint density at radius 2 is 2.50 bits per heavy atom. The summed E-state index contributed by atoms with van der Waals surface area (Å²) in [6.45, 7) is 3.21. The minimum Gasteiger partial charge on any atom is -0.480 e. The minimum absolute atomic E-state index is 0.376. The molecule has 1 aliphatic rings. The van der Waals surface area contributed by atoms with Gasteiger partial charge in [-0.05, 0) is 26.3 Å². The van der Waals surface area contributed by atoms with Crippen LogP contribution in [-0.2, 0) is 11.3 Å². The van der Waals surface area contributed by atoms with Gasteiger partial charge in [0.25, 0.3) is 0 Å². The third kappa shape index (κ3) is 2.41. The zero-order valence-electron chi connectivity index (χ0n) is 9.35. The van der Waals surface area contributed by atoms with E-state index in [2.05, 4.69) is 5.16 Å². The standard InChI is InChI=1S/C11H16N2O3/c1-8-6-9(16-12-8)7-13-5-3-2-4-10(13)11(14)15/h6,10H,2-5,7H2,1H3,(H,14,15). The van der Waals surface area contributed by atoms with Crippen molar-refractivity contribution in [1.82, 2.24) is 10.1 Å². The van der Waals surface area contributed by atoms with Gasteiger partial charge in [-0.25, -0.2) is 0 Å². The average molecular weight is 224 g/mol. The Hall–Kier alpha value is -1.36. The molecular weight excluding hydrogens is 208 g/mol. The van der Waals surface area contributed by atoms with Crippen LogP contribution in [0.1, 0.15) is 30.7 Å².